The van der Waals surface area contributed by atoms with Gasteiger partial charge >= 0.3 is 6.61 Å². The number of aromatic nitrogens is 1. The van der Waals surface area contributed by atoms with Gasteiger partial charge in [-0.15, -0.1) is 0 Å². The van der Waals surface area contributed by atoms with Crippen molar-refractivity contribution in [3.05, 3.63) is 95.8 Å². The van der Waals surface area contributed by atoms with Crippen molar-refractivity contribution >= 4 is 11.6 Å². The third-order valence-electron chi connectivity index (χ3n) is 8.06. The number of halogens is 2. The molecule has 2 atom stereocenters. The van der Waals surface area contributed by atoms with E-state index in [-0.39, 0.29) is 23.7 Å². The molecule has 195 valence electrons. The van der Waals surface area contributed by atoms with Gasteiger partial charge in [0.15, 0.2) is 0 Å². The van der Waals surface area contributed by atoms with Gasteiger partial charge in [0, 0.05) is 37.4 Å². The molecule has 8 heteroatoms. The first-order valence-electron chi connectivity index (χ1n) is 13.2. The number of alkyl halides is 2. The summed E-state index contributed by atoms with van der Waals surface area (Å²) in [5.74, 6) is 0.472. The Morgan fingerprint density at radius 2 is 1.92 bits per heavy atom. The van der Waals surface area contributed by atoms with Crippen molar-refractivity contribution in [2.24, 2.45) is 11.0 Å². The second-order valence-electron chi connectivity index (χ2n) is 10.4. The lowest BCUT2D eigenvalue weighted by molar-refractivity contribution is -0.487. The average molecular weight is 517 g/mol. The summed E-state index contributed by atoms with van der Waals surface area (Å²) in [7, 11) is 0. The van der Waals surface area contributed by atoms with E-state index in [4.69, 9.17) is 5.11 Å². The molecule has 2 aromatic rings. The number of amides is 1. The molecular weight excluding hydrogens is 486 g/mol. The maximum Gasteiger partial charge on any atom is 0.388 e. The number of carbonyl (C=O) groups excluding carboxylic acids is 1. The van der Waals surface area contributed by atoms with E-state index in [1.807, 2.05) is 4.90 Å². The molecule has 0 N–H and O–H groups in total. The van der Waals surface area contributed by atoms with Gasteiger partial charge in [-0.05, 0) is 60.7 Å². The lowest BCUT2D eigenvalue weighted by atomic mass is 9.83. The molecular formula is C30H30F2N4O2+. The van der Waals surface area contributed by atoms with E-state index in [2.05, 4.69) is 51.8 Å². The maximum atomic E-state index is 13.7. The highest BCUT2D eigenvalue weighted by Gasteiger charge is 2.51. The Morgan fingerprint density at radius 3 is 2.58 bits per heavy atom. The molecule has 0 spiro atoms. The molecule has 1 saturated heterocycles. The third-order valence-corrected chi connectivity index (χ3v) is 8.06. The Labute approximate surface area is 221 Å². The van der Waals surface area contributed by atoms with Crippen LogP contribution in [0.3, 0.4) is 0 Å². The minimum atomic E-state index is -2.97. The molecule has 3 heterocycles. The molecule has 2 fully saturated rings. The van der Waals surface area contributed by atoms with Crippen LogP contribution in [-0.4, -0.2) is 39.7 Å². The van der Waals surface area contributed by atoms with Gasteiger partial charge in [0.2, 0.25) is 11.6 Å². The van der Waals surface area contributed by atoms with E-state index in [9.17, 15) is 13.6 Å². The van der Waals surface area contributed by atoms with E-state index in [0.717, 1.165) is 47.8 Å². The van der Waals surface area contributed by atoms with E-state index < -0.39 is 6.61 Å². The Bertz CT molecular complexity index is 1330. The van der Waals surface area contributed by atoms with Crippen molar-refractivity contribution in [2.75, 3.05) is 6.54 Å². The van der Waals surface area contributed by atoms with Crippen molar-refractivity contribution in [2.45, 2.75) is 57.1 Å². The lowest BCUT2D eigenvalue weighted by Crippen LogP contribution is -2.48. The van der Waals surface area contributed by atoms with Gasteiger partial charge in [-0.3, -0.25) is 4.79 Å². The molecule has 1 saturated carbocycles. The van der Waals surface area contributed by atoms with Crippen LogP contribution in [0.4, 0.5) is 14.5 Å². The van der Waals surface area contributed by atoms with Gasteiger partial charge in [-0.1, -0.05) is 41.6 Å². The van der Waals surface area contributed by atoms with Crippen LogP contribution in [0.25, 0.3) is 0 Å². The normalized spacial score (nSPS) is 23.1. The first-order valence-corrected chi connectivity index (χ1v) is 13.2. The third kappa shape index (κ3) is 4.57. The van der Waals surface area contributed by atoms with Gasteiger partial charge in [-0.25, -0.2) is 4.98 Å². The van der Waals surface area contributed by atoms with Gasteiger partial charge in [-0.2, -0.15) is 8.78 Å². The minimum absolute atomic E-state index is 0.179. The number of rotatable bonds is 7. The number of azo groups is 2. The molecule has 6 nitrogen and oxygen atoms in total. The van der Waals surface area contributed by atoms with Crippen LogP contribution in [0.5, 0.6) is 5.88 Å². The summed E-state index contributed by atoms with van der Waals surface area (Å²) in [6.07, 6.45) is 8.71. The monoisotopic (exact) mass is 516 g/mol. The zero-order valence-corrected chi connectivity index (χ0v) is 21.2. The SMILES string of the molecule is C=CC(=C)C1CCC2=C3[C](CCN(C(=O)c4ccc(OC(F)F)nc4)C3C1)[N+](c1ccc(C3CC3)cc1)=N2. The molecule has 2 aliphatic carbocycles. The van der Waals surface area contributed by atoms with Crippen molar-refractivity contribution in [3.63, 3.8) is 0 Å². The summed E-state index contributed by atoms with van der Waals surface area (Å²) in [5, 5.41) is 5.08. The topological polar surface area (TPSA) is 57.8 Å². The number of piperidine rings is 1. The van der Waals surface area contributed by atoms with Crippen molar-refractivity contribution in [1.29, 1.82) is 0 Å². The molecule has 2 aliphatic heterocycles. The van der Waals surface area contributed by atoms with E-state index in [1.54, 1.807) is 6.08 Å². The number of hydrogen-bond donors (Lipinski definition) is 0. The number of hydrogen-bond acceptors (Lipinski definition) is 4. The maximum absolute atomic E-state index is 13.7. The molecule has 38 heavy (non-hydrogen) atoms. The van der Waals surface area contributed by atoms with Crippen LogP contribution in [-0.2, 0) is 0 Å². The van der Waals surface area contributed by atoms with Crippen LogP contribution >= 0.6 is 0 Å². The molecule has 1 aromatic heterocycles. The smallest absolute Gasteiger partial charge is 0.388 e. The number of nitrogens with zero attached hydrogens (tertiary/aromatic N) is 4. The molecule has 1 radical (unpaired) electrons. The first kappa shape index (κ1) is 24.6. The minimum Gasteiger partial charge on any atom is -0.417 e. The second kappa shape index (κ2) is 9.89. The number of benzene rings is 1. The first-order chi connectivity index (χ1) is 18.4. The summed E-state index contributed by atoms with van der Waals surface area (Å²) >= 11 is 0. The summed E-state index contributed by atoms with van der Waals surface area (Å²) in [4.78, 5) is 19.5. The fourth-order valence-corrected chi connectivity index (χ4v) is 5.90. The quantitative estimate of drug-likeness (QED) is 0.297. The average Bonchev–Trinajstić information content (AvgIpc) is 3.73. The molecule has 1 aromatic carbocycles. The van der Waals surface area contributed by atoms with Gasteiger partial charge in [0.05, 0.1) is 17.2 Å². The predicted molar refractivity (Wildman–Crippen MR) is 138 cm³/mol. The number of allylic oxidation sites excluding steroid dienone is 3. The van der Waals surface area contributed by atoms with E-state index >= 15 is 0 Å². The van der Waals surface area contributed by atoms with Crippen molar-refractivity contribution in [3.8, 4) is 5.88 Å². The van der Waals surface area contributed by atoms with E-state index in [1.165, 1.54) is 36.7 Å². The molecule has 1 amide bonds. The van der Waals surface area contributed by atoms with Crippen LogP contribution in [0.1, 0.15) is 60.4 Å². The molecule has 2 unspecified atom stereocenters. The standard InChI is InChI=1S/C30H30F2N4O2/c1-3-18(2)21-8-12-24-28-25(36(34-24)23-10-6-20(7-11-23)19-4-5-19)14-15-35(26(28)16-21)29(37)22-9-13-27(33-17-22)38-30(31)32/h3,6-7,9-11,13,17,19,21,26,30H,1-2,4-5,8,12,14-16H2/q+1. The number of likely N-dealkylation sites (tertiary alicyclic amines) is 1. The largest absolute Gasteiger partial charge is 0.417 e. The van der Waals surface area contributed by atoms with Crippen LogP contribution in [0.15, 0.2) is 83.8 Å². The zero-order chi connectivity index (χ0) is 26.4. The highest BCUT2D eigenvalue weighted by Crippen LogP contribution is 2.48. The Balaban J connectivity index is 1.30. The summed E-state index contributed by atoms with van der Waals surface area (Å²) in [5.41, 5.74) is 5.88. The molecule has 4 aliphatic rings. The Hall–Kier alpha value is -3.68. The fourth-order valence-electron chi connectivity index (χ4n) is 5.90. The number of pyridine rings is 1. The van der Waals surface area contributed by atoms with Gasteiger partial charge in [0.25, 0.3) is 11.9 Å². The van der Waals surface area contributed by atoms with Gasteiger partial charge in [0.1, 0.15) is 5.70 Å². The predicted octanol–water partition coefficient (Wildman–Crippen LogP) is 6.91. The molecule has 6 rings (SSSR count). The lowest BCUT2D eigenvalue weighted by Gasteiger charge is -2.38. The van der Waals surface area contributed by atoms with Gasteiger partial charge < -0.3 is 9.64 Å². The van der Waals surface area contributed by atoms with Crippen LogP contribution in [0.2, 0.25) is 0 Å². The van der Waals surface area contributed by atoms with Crippen molar-refractivity contribution < 1.29 is 23.0 Å². The summed E-state index contributed by atoms with van der Waals surface area (Å²) < 4.78 is 31.5. The van der Waals surface area contributed by atoms with Crippen LogP contribution in [0, 0.1) is 12.0 Å². The zero-order valence-electron chi connectivity index (χ0n) is 21.2. The highest BCUT2D eigenvalue weighted by atomic mass is 19.3. The molecule has 0 bridgehead atoms. The van der Waals surface area contributed by atoms with E-state index in [0.29, 0.717) is 24.4 Å². The van der Waals surface area contributed by atoms with Crippen molar-refractivity contribution in [1.82, 2.24) is 9.88 Å². The summed E-state index contributed by atoms with van der Waals surface area (Å²) in [6, 6.07) is 12.5. The number of ether oxygens (including phenoxy) is 1. The van der Waals surface area contributed by atoms with Crippen LogP contribution < -0.4 is 4.74 Å². The summed E-state index contributed by atoms with van der Waals surface area (Å²) in [6.45, 7) is 5.69. The Morgan fingerprint density at radius 1 is 1.13 bits per heavy atom. The fraction of sp³-hybridized carbons (Fsp3) is 0.367. The highest BCUT2D eigenvalue weighted by molar-refractivity contribution is 5.94. The second-order valence-corrected chi connectivity index (χ2v) is 10.4. The Kier molecular flexibility index (Phi) is 6.41. The number of carbonyl (C=O) groups is 1.